The lowest BCUT2D eigenvalue weighted by atomic mass is 10.0. The number of carbonyl (C=O) groups is 2. The monoisotopic (exact) mass is 569 g/mol. The highest BCUT2D eigenvalue weighted by Gasteiger charge is 2.41. The molecule has 0 radical (unpaired) electrons. The average Bonchev–Trinajstić information content (AvgIpc) is 3.18. The minimum absolute atomic E-state index is 0.0872. The first-order chi connectivity index (χ1) is 18.4. The Morgan fingerprint density at radius 1 is 1.05 bits per heavy atom. The number of anilines is 2. The maximum Gasteiger partial charge on any atom is 0.416 e. The van der Waals surface area contributed by atoms with Gasteiger partial charge in [0.1, 0.15) is 16.7 Å². The van der Waals surface area contributed by atoms with E-state index in [0.717, 1.165) is 46.7 Å². The van der Waals surface area contributed by atoms with Gasteiger partial charge < -0.3 is 5.32 Å². The zero-order valence-corrected chi connectivity index (χ0v) is 22.8. The SMILES string of the molecule is Cc1ccc(NC(=O)/C(C#N)=C2\SC(Cc3cc(C(F)(F)F)ccc3Cl)C(=O)N2c2ccc(C)c(C)c2)cc1. The molecule has 3 aromatic carbocycles. The number of carbonyl (C=O) groups excluding carboxylic acids is 2. The number of nitriles is 1. The minimum Gasteiger partial charge on any atom is -0.321 e. The van der Waals surface area contributed by atoms with E-state index in [4.69, 9.17) is 11.6 Å². The van der Waals surface area contributed by atoms with Crippen molar-refractivity contribution in [2.45, 2.75) is 38.6 Å². The van der Waals surface area contributed by atoms with Crippen LogP contribution in [-0.4, -0.2) is 17.1 Å². The van der Waals surface area contributed by atoms with Crippen molar-refractivity contribution < 1.29 is 22.8 Å². The standard InChI is InChI=1S/C29H23ClF3N3O2S/c1-16-4-8-21(9-5-16)35-26(37)23(15-34)28-36(22-10-6-17(2)18(3)12-22)27(38)25(39-28)14-19-13-20(29(31,32)33)7-11-24(19)30/h4-13,25H,14H2,1-3H3,(H,35,37)/b28-23-. The van der Waals surface area contributed by atoms with Crippen molar-refractivity contribution in [3.8, 4) is 6.07 Å². The van der Waals surface area contributed by atoms with Gasteiger partial charge in [-0.3, -0.25) is 14.5 Å². The molecule has 10 heteroatoms. The Bertz CT molecular complexity index is 1530. The molecular formula is C29H23ClF3N3O2S. The molecule has 1 fully saturated rings. The Labute approximate surface area is 233 Å². The van der Waals surface area contributed by atoms with Crippen LogP contribution in [0.5, 0.6) is 0 Å². The predicted molar refractivity (Wildman–Crippen MR) is 147 cm³/mol. The van der Waals surface area contributed by atoms with E-state index in [1.807, 2.05) is 32.9 Å². The van der Waals surface area contributed by atoms with Crippen molar-refractivity contribution in [3.63, 3.8) is 0 Å². The number of hydrogen-bond donors (Lipinski definition) is 1. The molecule has 3 aromatic rings. The van der Waals surface area contributed by atoms with Gasteiger partial charge in [-0.05, 0) is 86.3 Å². The molecule has 1 N–H and O–H groups in total. The summed E-state index contributed by atoms with van der Waals surface area (Å²) in [5.41, 5.74) is 2.74. The molecule has 5 nitrogen and oxygen atoms in total. The fourth-order valence-corrected chi connectivity index (χ4v) is 5.51. The highest BCUT2D eigenvalue weighted by Crippen LogP contribution is 2.43. The van der Waals surface area contributed by atoms with E-state index in [0.29, 0.717) is 11.4 Å². The number of halogens is 4. The number of alkyl halides is 3. The zero-order chi connectivity index (χ0) is 28.5. The second kappa shape index (κ2) is 11.2. The van der Waals surface area contributed by atoms with Crippen LogP contribution in [0, 0.1) is 32.1 Å². The number of nitrogens with one attached hydrogen (secondary N) is 1. The number of benzene rings is 3. The molecule has 39 heavy (non-hydrogen) atoms. The van der Waals surface area contributed by atoms with Gasteiger partial charge in [-0.1, -0.05) is 47.1 Å². The first-order valence-corrected chi connectivity index (χ1v) is 13.1. The van der Waals surface area contributed by atoms with Gasteiger partial charge in [0.05, 0.1) is 10.8 Å². The minimum atomic E-state index is -4.58. The second-order valence-corrected chi connectivity index (χ2v) is 10.8. The fraction of sp³-hybridized carbons (Fsp3) is 0.207. The molecule has 2 amide bonds. The van der Waals surface area contributed by atoms with Crippen molar-refractivity contribution >= 4 is 46.6 Å². The van der Waals surface area contributed by atoms with Gasteiger partial charge in [0.2, 0.25) is 5.91 Å². The maximum absolute atomic E-state index is 13.7. The molecule has 0 bridgehead atoms. The summed E-state index contributed by atoms with van der Waals surface area (Å²) in [6.07, 6.45) is -4.71. The third kappa shape index (κ3) is 6.13. The van der Waals surface area contributed by atoms with Crippen molar-refractivity contribution in [1.82, 2.24) is 0 Å². The summed E-state index contributed by atoms with van der Waals surface area (Å²) in [6.45, 7) is 5.67. The summed E-state index contributed by atoms with van der Waals surface area (Å²) < 4.78 is 40.0. The van der Waals surface area contributed by atoms with E-state index < -0.39 is 28.8 Å². The zero-order valence-electron chi connectivity index (χ0n) is 21.2. The smallest absolute Gasteiger partial charge is 0.321 e. The Morgan fingerprint density at radius 2 is 1.74 bits per heavy atom. The molecule has 0 aromatic heterocycles. The van der Waals surface area contributed by atoms with Gasteiger partial charge in [0.25, 0.3) is 5.91 Å². The van der Waals surface area contributed by atoms with Crippen molar-refractivity contribution in [1.29, 1.82) is 5.26 Å². The summed E-state index contributed by atoms with van der Waals surface area (Å²) in [6, 6.07) is 17.2. The van der Waals surface area contributed by atoms with Gasteiger partial charge in [-0.15, -0.1) is 0 Å². The van der Waals surface area contributed by atoms with E-state index in [1.54, 1.807) is 36.4 Å². The van der Waals surface area contributed by atoms with Crippen molar-refractivity contribution in [3.05, 3.63) is 104 Å². The Balaban J connectivity index is 1.76. The van der Waals surface area contributed by atoms with Crippen LogP contribution in [-0.2, 0) is 22.2 Å². The molecule has 1 saturated heterocycles. The molecule has 1 aliphatic heterocycles. The predicted octanol–water partition coefficient (Wildman–Crippen LogP) is 7.35. The third-order valence-corrected chi connectivity index (χ3v) is 7.97. The normalized spacial score (nSPS) is 16.7. The highest BCUT2D eigenvalue weighted by atomic mass is 35.5. The van der Waals surface area contributed by atoms with Crippen LogP contribution in [0.2, 0.25) is 5.02 Å². The van der Waals surface area contributed by atoms with Gasteiger partial charge in [0.15, 0.2) is 0 Å². The van der Waals surface area contributed by atoms with Gasteiger partial charge in [-0.2, -0.15) is 18.4 Å². The number of hydrogen-bond acceptors (Lipinski definition) is 4. The highest BCUT2D eigenvalue weighted by molar-refractivity contribution is 8.05. The molecular weight excluding hydrogens is 547 g/mol. The third-order valence-electron chi connectivity index (χ3n) is 6.34. The Morgan fingerprint density at radius 3 is 2.36 bits per heavy atom. The molecule has 4 rings (SSSR count). The van der Waals surface area contributed by atoms with Gasteiger partial charge >= 0.3 is 6.18 Å². The van der Waals surface area contributed by atoms with Crippen molar-refractivity contribution in [2.24, 2.45) is 0 Å². The number of aryl methyl sites for hydroxylation is 3. The van der Waals surface area contributed by atoms with Crippen LogP contribution in [0.4, 0.5) is 24.5 Å². The van der Waals surface area contributed by atoms with Crippen LogP contribution < -0.4 is 10.2 Å². The van der Waals surface area contributed by atoms with Gasteiger partial charge in [0, 0.05) is 16.4 Å². The quantitative estimate of drug-likeness (QED) is 0.257. The first kappa shape index (κ1) is 28.3. The van der Waals surface area contributed by atoms with E-state index in [-0.39, 0.29) is 27.6 Å². The van der Waals surface area contributed by atoms with Crippen LogP contribution >= 0.6 is 23.4 Å². The average molecular weight is 570 g/mol. The molecule has 0 aliphatic carbocycles. The van der Waals surface area contributed by atoms with E-state index in [9.17, 15) is 28.0 Å². The lowest BCUT2D eigenvalue weighted by Crippen LogP contribution is -2.31. The number of rotatable bonds is 5. The Hall–Kier alpha value is -3.74. The lowest BCUT2D eigenvalue weighted by Gasteiger charge is -2.20. The summed E-state index contributed by atoms with van der Waals surface area (Å²) in [7, 11) is 0. The Kier molecular flexibility index (Phi) is 8.09. The van der Waals surface area contributed by atoms with Gasteiger partial charge in [-0.25, -0.2) is 0 Å². The summed E-state index contributed by atoms with van der Waals surface area (Å²) in [4.78, 5) is 28.2. The van der Waals surface area contributed by atoms with Crippen LogP contribution in [0.1, 0.15) is 27.8 Å². The number of thioether (sulfide) groups is 1. The van der Waals surface area contributed by atoms with E-state index in [1.165, 1.54) is 4.90 Å². The topological polar surface area (TPSA) is 73.2 Å². The fourth-order valence-electron chi connectivity index (χ4n) is 4.02. The molecule has 1 unspecified atom stereocenters. The molecule has 1 atom stereocenters. The summed E-state index contributed by atoms with van der Waals surface area (Å²) in [5.74, 6) is -1.18. The number of amides is 2. The summed E-state index contributed by atoms with van der Waals surface area (Å²) >= 11 is 7.17. The largest absolute Gasteiger partial charge is 0.416 e. The summed E-state index contributed by atoms with van der Waals surface area (Å²) in [5, 5.41) is 12.0. The number of nitrogens with zero attached hydrogens (tertiary/aromatic N) is 2. The first-order valence-electron chi connectivity index (χ1n) is 11.8. The molecule has 0 saturated carbocycles. The van der Waals surface area contributed by atoms with Crippen LogP contribution in [0.15, 0.2) is 71.3 Å². The van der Waals surface area contributed by atoms with E-state index in [2.05, 4.69) is 5.32 Å². The molecule has 1 heterocycles. The van der Waals surface area contributed by atoms with Crippen LogP contribution in [0.3, 0.4) is 0 Å². The van der Waals surface area contributed by atoms with E-state index >= 15 is 0 Å². The molecule has 1 aliphatic rings. The maximum atomic E-state index is 13.7. The molecule has 0 spiro atoms. The lowest BCUT2D eigenvalue weighted by molar-refractivity contribution is -0.137. The molecule has 200 valence electrons. The second-order valence-electron chi connectivity index (χ2n) is 9.17. The van der Waals surface area contributed by atoms with Crippen LogP contribution in [0.25, 0.3) is 0 Å². The van der Waals surface area contributed by atoms with Crippen molar-refractivity contribution in [2.75, 3.05) is 10.2 Å².